The van der Waals surface area contributed by atoms with Crippen molar-refractivity contribution in [1.29, 1.82) is 0 Å². The minimum atomic E-state index is -0.438. The second-order valence-corrected chi connectivity index (χ2v) is 10.5. The van der Waals surface area contributed by atoms with Gasteiger partial charge in [0, 0.05) is 51.6 Å². The Morgan fingerprint density at radius 2 is 1.95 bits per heavy atom. The predicted octanol–water partition coefficient (Wildman–Crippen LogP) is 4.15. The van der Waals surface area contributed by atoms with Gasteiger partial charge in [-0.2, -0.15) is 0 Å². The van der Waals surface area contributed by atoms with Gasteiger partial charge in [-0.1, -0.05) is 12.1 Å². The number of hydrogen-bond acceptors (Lipinski definition) is 7. The number of carbonyl (C=O) groups is 2. The van der Waals surface area contributed by atoms with Crippen molar-refractivity contribution in [2.45, 2.75) is 52.7 Å². The van der Waals surface area contributed by atoms with Gasteiger partial charge in [0.15, 0.2) is 5.76 Å². The topological polar surface area (TPSA) is 109 Å². The van der Waals surface area contributed by atoms with Gasteiger partial charge >= 0.3 is 6.03 Å². The van der Waals surface area contributed by atoms with E-state index in [0.29, 0.717) is 47.3 Å². The average molecular weight is 514 g/mol. The Kier molecular flexibility index (Phi) is 8.39. The molecule has 3 atom stereocenters. The molecule has 3 amide bonds. The molecule has 1 aromatic heterocycles. The van der Waals surface area contributed by atoms with E-state index in [1.165, 1.54) is 12.8 Å². The van der Waals surface area contributed by atoms with Crippen molar-refractivity contribution in [2.24, 2.45) is 11.8 Å². The standard InChI is InChI=1S/C27H39N5O5/c1-16-12-32(13-20-7-8-20)17(2)15-36-23-11-21(28-27(34)29-25-18(3)30-37-19(25)4)9-10-22(23)26(33)31(5)14-24(16)35-6/h9-11,16-17,20,24H,7-8,12-15H2,1-6H3,(H2,28,29,34)/t16-,17-,24+/m0/s1. The summed E-state index contributed by atoms with van der Waals surface area (Å²) in [6.07, 6.45) is 2.47. The molecule has 1 saturated carbocycles. The molecule has 10 nitrogen and oxygen atoms in total. The molecule has 202 valence electrons. The number of rotatable bonds is 5. The number of nitrogens with zero attached hydrogens (tertiary/aromatic N) is 3. The van der Waals surface area contributed by atoms with Crippen molar-refractivity contribution in [1.82, 2.24) is 15.0 Å². The van der Waals surface area contributed by atoms with Crippen LogP contribution in [0.25, 0.3) is 0 Å². The molecule has 2 aliphatic rings. The summed E-state index contributed by atoms with van der Waals surface area (Å²) in [5.74, 6) is 1.80. The minimum Gasteiger partial charge on any atom is -0.491 e. The summed E-state index contributed by atoms with van der Waals surface area (Å²) in [5, 5.41) is 9.44. The monoisotopic (exact) mass is 513 g/mol. The largest absolute Gasteiger partial charge is 0.491 e. The van der Waals surface area contributed by atoms with E-state index in [2.05, 4.69) is 34.5 Å². The van der Waals surface area contributed by atoms with Crippen LogP contribution >= 0.6 is 0 Å². The van der Waals surface area contributed by atoms with E-state index in [4.69, 9.17) is 14.0 Å². The first kappa shape index (κ1) is 26.9. The molecule has 4 rings (SSSR count). The van der Waals surface area contributed by atoms with Crippen molar-refractivity contribution in [3.63, 3.8) is 0 Å². The van der Waals surface area contributed by atoms with Crippen molar-refractivity contribution in [3.8, 4) is 5.75 Å². The number of aryl methyl sites for hydroxylation is 2. The Balaban J connectivity index is 1.57. The third kappa shape index (κ3) is 6.61. The molecule has 0 spiro atoms. The number of anilines is 2. The summed E-state index contributed by atoms with van der Waals surface area (Å²) in [5.41, 5.74) is 2.08. The third-order valence-corrected chi connectivity index (χ3v) is 7.30. The number of fused-ring (bicyclic) bond motifs is 1. The summed E-state index contributed by atoms with van der Waals surface area (Å²) < 4.78 is 17.2. The number of hydrogen-bond donors (Lipinski definition) is 2. The van der Waals surface area contributed by atoms with Gasteiger partial charge < -0.3 is 29.5 Å². The van der Waals surface area contributed by atoms with Crippen LogP contribution in [0.15, 0.2) is 22.7 Å². The highest BCUT2D eigenvalue weighted by atomic mass is 16.5. The number of benzene rings is 1. The number of likely N-dealkylation sites (N-methyl/N-ethyl adjacent to an activating group) is 1. The second kappa shape index (κ2) is 11.5. The van der Waals surface area contributed by atoms with Crippen molar-refractivity contribution in [3.05, 3.63) is 35.2 Å². The molecule has 2 N–H and O–H groups in total. The molecule has 0 saturated heterocycles. The fourth-order valence-electron chi connectivity index (χ4n) is 4.75. The zero-order valence-electron chi connectivity index (χ0n) is 22.7. The highest BCUT2D eigenvalue weighted by Gasteiger charge is 2.31. The molecule has 37 heavy (non-hydrogen) atoms. The van der Waals surface area contributed by atoms with Crippen molar-refractivity contribution in [2.75, 3.05) is 51.0 Å². The number of amides is 3. The summed E-state index contributed by atoms with van der Waals surface area (Å²) in [6, 6.07) is 4.82. The van der Waals surface area contributed by atoms with Gasteiger partial charge in [-0.05, 0) is 57.6 Å². The first-order valence-electron chi connectivity index (χ1n) is 13.0. The minimum absolute atomic E-state index is 0.0828. The zero-order valence-corrected chi connectivity index (χ0v) is 22.7. The van der Waals surface area contributed by atoms with Crippen LogP contribution in [0.5, 0.6) is 5.75 Å². The quantitative estimate of drug-likeness (QED) is 0.618. The average Bonchev–Trinajstić information content (AvgIpc) is 3.64. The van der Waals surface area contributed by atoms with Crippen molar-refractivity contribution >= 4 is 23.3 Å². The molecule has 0 radical (unpaired) electrons. The molecule has 2 aromatic rings. The number of urea groups is 1. The third-order valence-electron chi connectivity index (χ3n) is 7.30. The lowest BCUT2D eigenvalue weighted by molar-refractivity contribution is 0.00994. The maximum Gasteiger partial charge on any atom is 0.323 e. The van der Waals surface area contributed by atoms with E-state index in [9.17, 15) is 9.59 Å². The molecule has 2 heterocycles. The van der Waals surface area contributed by atoms with E-state index in [1.807, 2.05) is 0 Å². The Morgan fingerprint density at radius 1 is 1.19 bits per heavy atom. The molecule has 1 aromatic carbocycles. The lowest BCUT2D eigenvalue weighted by Gasteiger charge is -2.36. The van der Waals surface area contributed by atoms with E-state index in [0.717, 1.165) is 19.0 Å². The maximum absolute atomic E-state index is 13.4. The van der Waals surface area contributed by atoms with Crippen LogP contribution in [0.2, 0.25) is 0 Å². The number of carbonyl (C=O) groups excluding carboxylic acids is 2. The molecule has 1 aliphatic heterocycles. The smallest absolute Gasteiger partial charge is 0.323 e. The maximum atomic E-state index is 13.4. The van der Waals surface area contributed by atoms with Crippen molar-refractivity contribution < 1.29 is 23.6 Å². The van der Waals surface area contributed by atoms with E-state index >= 15 is 0 Å². The van der Waals surface area contributed by atoms with Crippen LogP contribution in [0, 0.1) is 25.7 Å². The van der Waals surface area contributed by atoms with Gasteiger partial charge in [0.1, 0.15) is 23.7 Å². The first-order valence-corrected chi connectivity index (χ1v) is 13.0. The number of aromatic nitrogens is 1. The fourth-order valence-corrected chi connectivity index (χ4v) is 4.75. The zero-order chi connectivity index (χ0) is 26.7. The summed E-state index contributed by atoms with van der Waals surface area (Å²) >= 11 is 0. The Hall–Kier alpha value is -3.11. The molecular formula is C27H39N5O5. The number of nitrogens with one attached hydrogen (secondary N) is 2. The molecule has 1 aliphatic carbocycles. The van der Waals surface area contributed by atoms with Gasteiger partial charge in [-0.15, -0.1) is 0 Å². The number of ether oxygens (including phenoxy) is 2. The molecule has 0 unspecified atom stereocenters. The lowest BCUT2D eigenvalue weighted by atomic mass is 10.0. The fraction of sp³-hybridized carbons (Fsp3) is 0.593. The van der Waals surface area contributed by atoms with Crippen LogP contribution in [-0.4, -0.2) is 79.4 Å². The van der Waals surface area contributed by atoms with Crippen LogP contribution in [0.4, 0.5) is 16.2 Å². The lowest BCUT2D eigenvalue weighted by Crippen LogP contribution is -2.47. The van der Waals surface area contributed by atoms with Crippen LogP contribution < -0.4 is 15.4 Å². The predicted molar refractivity (Wildman–Crippen MR) is 141 cm³/mol. The van der Waals surface area contributed by atoms with E-state index < -0.39 is 6.03 Å². The van der Waals surface area contributed by atoms with Gasteiger partial charge in [0.05, 0.1) is 11.7 Å². The Labute approximate surface area is 218 Å². The summed E-state index contributed by atoms with van der Waals surface area (Å²) in [6.45, 7) is 10.6. The van der Waals surface area contributed by atoms with Gasteiger partial charge in [-0.25, -0.2) is 4.79 Å². The molecule has 10 heteroatoms. The van der Waals surface area contributed by atoms with Crippen LogP contribution in [0.1, 0.15) is 48.5 Å². The SMILES string of the molecule is CO[C@@H]1CN(C)C(=O)c2ccc(NC(=O)Nc3c(C)noc3C)cc2OC[C@H](C)N(CC2CC2)C[C@@H]1C. The first-order chi connectivity index (χ1) is 17.7. The number of methoxy groups -OCH3 is 1. The normalized spacial score (nSPS) is 23.5. The van der Waals surface area contributed by atoms with E-state index in [-0.39, 0.29) is 24.0 Å². The molecular weight excluding hydrogens is 474 g/mol. The summed E-state index contributed by atoms with van der Waals surface area (Å²) in [4.78, 5) is 30.2. The van der Waals surface area contributed by atoms with Gasteiger partial charge in [-0.3, -0.25) is 9.69 Å². The summed E-state index contributed by atoms with van der Waals surface area (Å²) in [7, 11) is 3.49. The highest BCUT2D eigenvalue weighted by molar-refractivity contribution is 6.02. The Morgan fingerprint density at radius 3 is 2.59 bits per heavy atom. The Bertz CT molecular complexity index is 1100. The van der Waals surface area contributed by atoms with Gasteiger partial charge in [0.2, 0.25) is 0 Å². The van der Waals surface area contributed by atoms with Crippen LogP contribution in [-0.2, 0) is 4.74 Å². The molecule has 0 bridgehead atoms. The highest BCUT2D eigenvalue weighted by Crippen LogP contribution is 2.32. The van der Waals surface area contributed by atoms with Gasteiger partial charge in [0.25, 0.3) is 5.91 Å². The van der Waals surface area contributed by atoms with E-state index in [1.54, 1.807) is 51.1 Å². The van der Waals surface area contributed by atoms with Crippen LogP contribution in [0.3, 0.4) is 0 Å². The molecule has 1 fully saturated rings. The second-order valence-electron chi connectivity index (χ2n) is 10.5.